The number of nitriles is 1. The molecule has 28 heavy (non-hydrogen) atoms. The highest BCUT2D eigenvalue weighted by Crippen LogP contribution is 2.43. The molecule has 1 aliphatic rings. The Morgan fingerprint density at radius 2 is 2.14 bits per heavy atom. The van der Waals surface area contributed by atoms with Crippen molar-refractivity contribution in [2.75, 3.05) is 13.7 Å². The molecule has 1 heterocycles. The van der Waals surface area contributed by atoms with Gasteiger partial charge in [0.2, 0.25) is 5.88 Å². The van der Waals surface area contributed by atoms with Gasteiger partial charge in [0, 0.05) is 11.6 Å². The van der Waals surface area contributed by atoms with Gasteiger partial charge in [-0.2, -0.15) is 5.26 Å². The Kier molecular flexibility index (Phi) is 6.45. The lowest BCUT2D eigenvalue weighted by atomic mass is 9.82. The molecule has 8 nitrogen and oxygen atoms in total. The molecule has 1 atom stereocenters. The van der Waals surface area contributed by atoms with Crippen LogP contribution in [-0.2, 0) is 23.8 Å². The smallest absolute Gasteiger partial charge is 0.338 e. The zero-order valence-electron chi connectivity index (χ0n) is 15.7. The Labute approximate surface area is 162 Å². The van der Waals surface area contributed by atoms with Crippen LogP contribution in [0.5, 0.6) is 5.75 Å². The fourth-order valence-corrected chi connectivity index (χ4v) is 2.81. The summed E-state index contributed by atoms with van der Waals surface area (Å²) in [5.41, 5.74) is 6.67. The lowest BCUT2D eigenvalue weighted by molar-refractivity contribution is -0.139. The summed E-state index contributed by atoms with van der Waals surface area (Å²) in [5, 5.41) is 20.0. The molecular formula is C20H20N2O6. The number of carbonyl (C=O) groups is 2. The quantitative estimate of drug-likeness (QED) is 0.583. The van der Waals surface area contributed by atoms with E-state index in [0.29, 0.717) is 5.56 Å². The number of carbonyl (C=O) groups excluding carboxylic acids is 2. The van der Waals surface area contributed by atoms with Gasteiger partial charge in [-0.25, -0.2) is 9.59 Å². The van der Waals surface area contributed by atoms with Gasteiger partial charge in [0.15, 0.2) is 0 Å². The summed E-state index contributed by atoms with van der Waals surface area (Å²) in [6.45, 7) is 3.30. The third-order valence-corrected chi connectivity index (χ3v) is 4.08. The molecule has 0 saturated carbocycles. The van der Waals surface area contributed by atoms with Gasteiger partial charge in [0.25, 0.3) is 0 Å². The second-order valence-corrected chi connectivity index (χ2v) is 5.79. The van der Waals surface area contributed by atoms with Gasteiger partial charge < -0.3 is 25.1 Å². The number of benzene rings is 1. The number of nitrogens with zero attached hydrogens (tertiary/aromatic N) is 1. The van der Waals surface area contributed by atoms with Crippen LogP contribution in [0.15, 0.2) is 47.1 Å². The highest BCUT2D eigenvalue weighted by molar-refractivity contribution is 5.93. The van der Waals surface area contributed by atoms with Crippen LogP contribution in [0.25, 0.3) is 6.08 Å². The van der Waals surface area contributed by atoms with Crippen molar-refractivity contribution in [2.24, 2.45) is 5.73 Å². The lowest BCUT2D eigenvalue weighted by Gasteiger charge is -2.27. The molecule has 146 valence electrons. The van der Waals surface area contributed by atoms with Crippen LogP contribution in [0.4, 0.5) is 0 Å². The summed E-state index contributed by atoms with van der Waals surface area (Å²) >= 11 is 0. The largest absolute Gasteiger partial charge is 0.508 e. The van der Waals surface area contributed by atoms with Gasteiger partial charge in [-0.15, -0.1) is 0 Å². The number of aromatic hydroxyl groups is 1. The van der Waals surface area contributed by atoms with Crippen molar-refractivity contribution >= 4 is 18.0 Å². The van der Waals surface area contributed by atoms with Crippen LogP contribution >= 0.6 is 0 Å². The molecule has 1 aliphatic heterocycles. The van der Waals surface area contributed by atoms with Crippen molar-refractivity contribution in [3.63, 3.8) is 0 Å². The highest BCUT2D eigenvalue weighted by atomic mass is 16.5. The summed E-state index contributed by atoms with van der Waals surface area (Å²) in [5.74, 6) is -2.35. The van der Waals surface area contributed by atoms with Crippen LogP contribution in [0.1, 0.15) is 30.9 Å². The number of hydrogen-bond donors (Lipinski definition) is 2. The van der Waals surface area contributed by atoms with E-state index >= 15 is 0 Å². The van der Waals surface area contributed by atoms with E-state index in [1.54, 1.807) is 19.1 Å². The molecule has 0 amide bonds. The minimum atomic E-state index is -0.982. The maximum Gasteiger partial charge on any atom is 0.338 e. The third-order valence-electron chi connectivity index (χ3n) is 4.08. The Hall–Kier alpha value is -3.73. The zero-order valence-corrected chi connectivity index (χ0v) is 15.7. The van der Waals surface area contributed by atoms with E-state index in [2.05, 4.69) is 4.74 Å². The first-order chi connectivity index (χ1) is 13.3. The van der Waals surface area contributed by atoms with E-state index < -0.39 is 17.9 Å². The molecule has 1 aromatic rings. The molecule has 0 saturated heterocycles. The second kappa shape index (κ2) is 8.77. The molecule has 0 aliphatic carbocycles. The van der Waals surface area contributed by atoms with Crippen LogP contribution in [0.2, 0.25) is 0 Å². The molecule has 1 unspecified atom stereocenters. The topological polar surface area (TPSA) is 132 Å². The third kappa shape index (κ3) is 4.15. The Morgan fingerprint density at radius 3 is 2.75 bits per heavy atom. The van der Waals surface area contributed by atoms with Crippen molar-refractivity contribution in [1.82, 2.24) is 0 Å². The number of methoxy groups -OCH3 is 1. The fraction of sp³-hybridized carbons (Fsp3) is 0.250. The number of nitrogens with two attached hydrogens (primary N) is 1. The SMILES string of the molecule is CCOC(=O)C1=C(C)OC(N)=C(C#N)C1c1cc(C=CC(=O)OC)ccc1O. The van der Waals surface area contributed by atoms with E-state index in [1.807, 2.05) is 6.07 Å². The molecule has 0 aromatic heterocycles. The summed E-state index contributed by atoms with van der Waals surface area (Å²) in [4.78, 5) is 23.8. The van der Waals surface area contributed by atoms with Crippen LogP contribution in [-0.4, -0.2) is 30.8 Å². The minimum Gasteiger partial charge on any atom is -0.508 e. The lowest BCUT2D eigenvalue weighted by Crippen LogP contribution is -2.25. The Bertz CT molecular complexity index is 937. The van der Waals surface area contributed by atoms with Crippen molar-refractivity contribution < 1.29 is 28.9 Å². The number of esters is 2. The predicted molar refractivity (Wildman–Crippen MR) is 99.1 cm³/mol. The second-order valence-electron chi connectivity index (χ2n) is 5.79. The molecular weight excluding hydrogens is 364 g/mol. The summed E-state index contributed by atoms with van der Waals surface area (Å²) < 4.78 is 15.0. The van der Waals surface area contributed by atoms with Gasteiger partial charge in [-0.1, -0.05) is 6.07 Å². The summed E-state index contributed by atoms with van der Waals surface area (Å²) in [7, 11) is 1.25. The standard InChI is InChI=1S/C20H20N2O6/c1-4-27-20(25)17-11(2)28-19(22)14(10-21)18(17)13-9-12(5-7-15(13)23)6-8-16(24)26-3/h5-9,18,23H,4,22H2,1-3H3. The number of hydrogen-bond acceptors (Lipinski definition) is 8. The number of phenols is 1. The maximum absolute atomic E-state index is 12.5. The zero-order chi connectivity index (χ0) is 20.8. The van der Waals surface area contributed by atoms with Gasteiger partial charge in [-0.05, 0) is 37.6 Å². The first-order valence-electron chi connectivity index (χ1n) is 8.38. The van der Waals surface area contributed by atoms with E-state index in [1.165, 1.54) is 32.3 Å². The van der Waals surface area contributed by atoms with Gasteiger partial charge in [0.05, 0.1) is 25.2 Å². The Morgan fingerprint density at radius 1 is 1.43 bits per heavy atom. The van der Waals surface area contributed by atoms with Crippen LogP contribution in [0, 0.1) is 11.3 Å². The number of allylic oxidation sites excluding steroid dienone is 2. The summed E-state index contributed by atoms with van der Waals surface area (Å²) in [6, 6.07) is 6.44. The van der Waals surface area contributed by atoms with Crippen molar-refractivity contribution in [1.29, 1.82) is 5.26 Å². The maximum atomic E-state index is 12.5. The average molecular weight is 384 g/mol. The fourth-order valence-electron chi connectivity index (χ4n) is 2.81. The number of phenolic OH excluding ortho intramolecular Hbond substituents is 1. The van der Waals surface area contributed by atoms with Crippen molar-refractivity contribution in [3.05, 3.63) is 58.2 Å². The molecule has 2 rings (SSSR count). The van der Waals surface area contributed by atoms with Crippen LogP contribution < -0.4 is 5.73 Å². The number of ether oxygens (including phenoxy) is 3. The highest BCUT2D eigenvalue weighted by Gasteiger charge is 2.37. The summed E-state index contributed by atoms with van der Waals surface area (Å²) in [6.07, 6.45) is 2.69. The van der Waals surface area contributed by atoms with E-state index in [9.17, 15) is 20.0 Å². The molecule has 8 heteroatoms. The van der Waals surface area contributed by atoms with Crippen molar-refractivity contribution in [3.8, 4) is 11.8 Å². The van der Waals surface area contributed by atoms with Crippen molar-refractivity contribution in [2.45, 2.75) is 19.8 Å². The van der Waals surface area contributed by atoms with Gasteiger partial charge in [0.1, 0.15) is 23.2 Å². The molecule has 0 fully saturated rings. The first-order valence-corrected chi connectivity index (χ1v) is 8.38. The molecule has 1 aromatic carbocycles. The molecule has 0 spiro atoms. The predicted octanol–water partition coefficient (Wildman–Crippen LogP) is 2.22. The monoisotopic (exact) mass is 384 g/mol. The molecule has 0 bridgehead atoms. The van der Waals surface area contributed by atoms with E-state index in [-0.39, 0.29) is 40.7 Å². The minimum absolute atomic E-state index is 0.0296. The first kappa shape index (κ1) is 20.6. The number of rotatable bonds is 5. The molecule has 3 N–H and O–H groups in total. The van der Waals surface area contributed by atoms with E-state index in [0.717, 1.165) is 0 Å². The average Bonchev–Trinajstić information content (AvgIpc) is 2.66. The van der Waals surface area contributed by atoms with E-state index in [4.69, 9.17) is 15.2 Å². The van der Waals surface area contributed by atoms with Gasteiger partial charge in [-0.3, -0.25) is 0 Å². The normalized spacial score (nSPS) is 16.6. The van der Waals surface area contributed by atoms with Crippen LogP contribution in [0.3, 0.4) is 0 Å². The molecule has 0 radical (unpaired) electrons. The Balaban J connectivity index is 2.64. The van der Waals surface area contributed by atoms with Gasteiger partial charge >= 0.3 is 11.9 Å².